The second kappa shape index (κ2) is 4.95. The van der Waals surface area contributed by atoms with Crippen molar-refractivity contribution in [3.05, 3.63) is 33.8 Å². The Morgan fingerprint density at radius 2 is 2.06 bits per heavy atom. The van der Waals surface area contributed by atoms with Gasteiger partial charge in [-0.2, -0.15) is 0 Å². The Kier molecular flexibility index (Phi) is 3.58. The highest BCUT2D eigenvalue weighted by Crippen LogP contribution is 2.27. The van der Waals surface area contributed by atoms with Crippen molar-refractivity contribution in [1.82, 2.24) is 0 Å². The molecule has 1 heterocycles. The van der Waals surface area contributed by atoms with Gasteiger partial charge in [-0.3, -0.25) is 0 Å². The molecular formula is C11H11BrO4. The Bertz CT molecular complexity index is 399. The van der Waals surface area contributed by atoms with Gasteiger partial charge in [0.2, 0.25) is 0 Å². The SMILES string of the molecule is COC(=O)c1cc(Br)cc(C2OCCO2)c1. The molecule has 2 rings (SSSR count). The molecule has 1 aromatic carbocycles. The van der Waals surface area contributed by atoms with Crippen LogP contribution in [0.3, 0.4) is 0 Å². The Balaban J connectivity index is 2.31. The number of halogens is 1. The number of hydrogen-bond acceptors (Lipinski definition) is 4. The number of methoxy groups -OCH3 is 1. The van der Waals surface area contributed by atoms with Crippen LogP contribution in [0.4, 0.5) is 0 Å². The highest BCUT2D eigenvalue weighted by molar-refractivity contribution is 9.10. The molecule has 86 valence electrons. The van der Waals surface area contributed by atoms with Gasteiger partial charge in [0, 0.05) is 10.0 Å². The van der Waals surface area contributed by atoms with Gasteiger partial charge in [-0.25, -0.2) is 4.79 Å². The first-order valence-electron chi connectivity index (χ1n) is 4.82. The van der Waals surface area contributed by atoms with Crippen molar-refractivity contribution in [2.24, 2.45) is 0 Å². The average molecular weight is 287 g/mol. The summed E-state index contributed by atoms with van der Waals surface area (Å²) in [6, 6.07) is 5.28. The maximum atomic E-state index is 11.4. The maximum absolute atomic E-state index is 11.4. The monoisotopic (exact) mass is 286 g/mol. The van der Waals surface area contributed by atoms with E-state index in [1.807, 2.05) is 6.07 Å². The van der Waals surface area contributed by atoms with E-state index in [2.05, 4.69) is 20.7 Å². The van der Waals surface area contributed by atoms with E-state index in [9.17, 15) is 4.79 Å². The zero-order valence-corrected chi connectivity index (χ0v) is 10.3. The molecule has 0 aromatic heterocycles. The molecule has 4 nitrogen and oxygen atoms in total. The van der Waals surface area contributed by atoms with Gasteiger partial charge in [-0.1, -0.05) is 15.9 Å². The molecule has 0 N–H and O–H groups in total. The van der Waals surface area contributed by atoms with Crippen LogP contribution in [0, 0.1) is 0 Å². The number of rotatable bonds is 2. The van der Waals surface area contributed by atoms with Crippen molar-refractivity contribution < 1.29 is 19.0 Å². The number of carbonyl (C=O) groups excluding carboxylic acids is 1. The van der Waals surface area contributed by atoms with Crippen LogP contribution in [0.1, 0.15) is 22.2 Å². The molecule has 1 aliphatic rings. The molecule has 0 amide bonds. The fourth-order valence-electron chi connectivity index (χ4n) is 1.53. The zero-order chi connectivity index (χ0) is 11.5. The van der Waals surface area contributed by atoms with Crippen molar-refractivity contribution in [3.63, 3.8) is 0 Å². The molecule has 1 saturated heterocycles. The van der Waals surface area contributed by atoms with Gasteiger partial charge >= 0.3 is 5.97 Å². The average Bonchev–Trinajstić information content (AvgIpc) is 2.80. The van der Waals surface area contributed by atoms with Crippen molar-refractivity contribution >= 4 is 21.9 Å². The van der Waals surface area contributed by atoms with Gasteiger partial charge in [-0.15, -0.1) is 0 Å². The van der Waals surface area contributed by atoms with Crippen molar-refractivity contribution in [1.29, 1.82) is 0 Å². The van der Waals surface area contributed by atoms with E-state index < -0.39 is 0 Å². The lowest BCUT2D eigenvalue weighted by Gasteiger charge is -2.11. The first-order chi connectivity index (χ1) is 7.70. The minimum atomic E-state index is -0.388. The van der Waals surface area contributed by atoms with E-state index in [0.717, 1.165) is 10.0 Å². The van der Waals surface area contributed by atoms with E-state index >= 15 is 0 Å². The molecule has 16 heavy (non-hydrogen) atoms. The normalized spacial score (nSPS) is 16.4. The number of esters is 1. The number of carbonyl (C=O) groups is 1. The Morgan fingerprint density at radius 1 is 1.38 bits per heavy atom. The maximum Gasteiger partial charge on any atom is 0.337 e. The van der Waals surface area contributed by atoms with Crippen LogP contribution in [-0.2, 0) is 14.2 Å². The number of benzene rings is 1. The van der Waals surface area contributed by atoms with E-state index in [0.29, 0.717) is 18.8 Å². The smallest absolute Gasteiger partial charge is 0.337 e. The largest absolute Gasteiger partial charge is 0.465 e. The molecule has 1 fully saturated rings. The molecule has 0 saturated carbocycles. The summed E-state index contributed by atoms with van der Waals surface area (Å²) in [5.74, 6) is -0.374. The predicted molar refractivity (Wildman–Crippen MR) is 60.1 cm³/mol. The quantitative estimate of drug-likeness (QED) is 0.783. The Hall–Kier alpha value is -0.910. The van der Waals surface area contributed by atoms with Gasteiger partial charge in [0.25, 0.3) is 0 Å². The third-order valence-corrected chi connectivity index (χ3v) is 2.69. The second-order valence-electron chi connectivity index (χ2n) is 3.34. The van der Waals surface area contributed by atoms with E-state index in [1.165, 1.54) is 7.11 Å². The molecule has 0 radical (unpaired) electrons. The lowest BCUT2D eigenvalue weighted by molar-refractivity contribution is -0.0441. The highest BCUT2D eigenvalue weighted by Gasteiger charge is 2.20. The summed E-state index contributed by atoms with van der Waals surface area (Å²) in [5, 5.41) is 0. The van der Waals surface area contributed by atoms with E-state index in [-0.39, 0.29) is 12.3 Å². The summed E-state index contributed by atoms with van der Waals surface area (Å²) in [4.78, 5) is 11.4. The van der Waals surface area contributed by atoms with Crippen molar-refractivity contribution in [3.8, 4) is 0 Å². The van der Waals surface area contributed by atoms with Crippen LogP contribution in [0.15, 0.2) is 22.7 Å². The molecule has 0 bridgehead atoms. The van der Waals surface area contributed by atoms with E-state index in [4.69, 9.17) is 9.47 Å². The van der Waals surface area contributed by atoms with Crippen LogP contribution < -0.4 is 0 Å². The summed E-state index contributed by atoms with van der Waals surface area (Å²) < 4.78 is 16.2. The van der Waals surface area contributed by atoms with Gasteiger partial charge in [0.15, 0.2) is 6.29 Å². The lowest BCUT2D eigenvalue weighted by atomic mass is 10.1. The summed E-state index contributed by atoms with van der Waals surface area (Å²) >= 11 is 3.34. The summed E-state index contributed by atoms with van der Waals surface area (Å²) in [5.41, 5.74) is 1.29. The van der Waals surface area contributed by atoms with Gasteiger partial charge in [0.05, 0.1) is 25.9 Å². The van der Waals surface area contributed by atoms with Crippen LogP contribution in [0.25, 0.3) is 0 Å². The van der Waals surface area contributed by atoms with E-state index in [1.54, 1.807) is 12.1 Å². The number of ether oxygens (including phenoxy) is 3. The summed E-state index contributed by atoms with van der Waals surface area (Å²) in [6.07, 6.45) is -0.388. The van der Waals surface area contributed by atoms with Crippen molar-refractivity contribution in [2.75, 3.05) is 20.3 Å². The first-order valence-corrected chi connectivity index (χ1v) is 5.62. The highest BCUT2D eigenvalue weighted by atomic mass is 79.9. The zero-order valence-electron chi connectivity index (χ0n) is 8.73. The van der Waals surface area contributed by atoms with Gasteiger partial charge in [-0.05, 0) is 18.2 Å². The van der Waals surface area contributed by atoms with Gasteiger partial charge < -0.3 is 14.2 Å². The first kappa shape index (κ1) is 11.6. The summed E-state index contributed by atoms with van der Waals surface area (Å²) in [6.45, 7) is 1.15. The molecule has 0 atom stereocenters. The standard InChI is InChI=1S/C11H11BrO4/c1-14-10(13)7-4-8(6-9(12)5-7)11-15-2-3-16-11/h4-6,11H,2-3H2,1H3. The molecule has 5 heteroatoms. The third-order valence-electron chi connectivity index (χ3n) is 2.24. The van der Waals surface area contributed by atoms with Crippen LogP contribution in [0.2, 0.25) is 0 Å². The number of hydrogen-bond donors (Lipinski definition) is 0. The molecule has 1 aromatic rings. The summed E-state index contributed by atoms with van der Waals surface area (Å²) in [7, 11) is 1.35. The minimum absolute atomic E-state index is 0.374. The fraction of sp³-hybridized carbons (Fsp3) is 0.364. The molecule has 0 unspecified atom stereocenters. The molecule has 1 aliphatic heterocycles. The predicted octanol–water partition coefficient (Wildman–Crippen LogP) is 2.28. The second-order valence-corrected chi connectivity index (χ2v) is 4.25. The van der Waals surface area contributed by atoms with Crippen molar-refractivity contribution in [2.45, 2.75) is 6.29 Å². The molecular weight excluding hydrogens is 276 g/mol. The lowest BCUT2D eigenvalue weighted by Crippen LogP contribution is -2.05. The minimum Gasteiger partial charge on any atom is -0.465 e. The molecule has 0 aliphatic carbocycles. The van der Waals surface area contributed by atoms with Crippen LogP contribution in [0.5, 0.6) is 0 Å². The molecule has 0 spiro atoms. The van der Waals surface area contributed by atoms with Crippen LogP contribution >= 0.6 is 15.9 Å². The topological polar surface area (TPSA) is 44.8 Å². The third kappa shape index (κ3) is 2.42. The Labute approximate surface area is 102 Å². The fourth-order valence-corrected chi connectivity index (χ4v) is 2.05. The van der Waals surface area contributed by atoms with Gasteiger partial charge in [0.1, 0.15) is 0 Å². The van der Waals surface area contributed by atoms with Crippen LogP contribution in [-0.4, -0.2) is 26.3 Å². The Morgan fingerprint density at radius 3 is 2.69 bits per heavy atom.